The molecule has 6 heteroatoms. The van der Waals surface area contributed by atoms with Crippen LogP contribution in [0.2, 0.25) is 0 Å². The quantitative estimate of drug-likeness (QED) is 0.254. The van der Waals surface area contributed by atoms with Crippen LogP contribution < -0.4 is 5.32 Å². The van der Waals surface area contributed by atoms with Crippen LogP contribution in [0.25, 0.3) is 0 Å². The Morgan fingerprint density at radius 2 is 1.67 bits per heavy atom. The van der Waals surface area contributed by atoms with E-state index in [9.17, 15) is 4.79 Å². The minimum absolute atomic E-state index is 0.0462. The predicted molar refractivity (Wildman–Crippen MR) is 155 cm³/mol. The van der Waals surface area contributed by atoms with Gasteiger partial charge in [-0.05, 0) is 79.4 Å². The normalized spacial score (nSPS) is 13.8. The summed E-state index contributed by atoms with van der Waals surface area (Å²) in [4.78, 5) is 21.8. The first-order valence-corrected chi connectivity index (χ1v) is 15.2. The maximum Gasteiger partial charge on any atom is 0.322 e. The number of benzene rings is 2. The van der Waals surface area contributed by atoms with Crippen molar-refractivity contribution in [1.82, 2.24) is 9.88 Å². The summed E-state index contributed by atoms with van der Waals surface area (Å²) in [5.41, 5.74) is 7.10. The largest absolute Gasteiger partial charge is 0.322 e. The highest BCUT2D eigenvalue weighted by Crippen LogP contribution is 2.34. The van der Waals surface area contributed by atoms with E-state index in [1.807, 2.05) is 19.4 Å². The molecule has 0 fully saturated rings. The van der Waals surface area contributed by atoms with E-state index in [2.05, 4.69) is 78.7 Å². The summed E-state index contributed by atoms with van der Waals surface area (Å²) in [6.45, 7) is 7.01. The number of hydrogen-bond acceptors (Lipinski definition) is 4. The maximum atomic E-state index is 14.0. The van der Waals surface area contributed by atoms with Crippen molar-refractivity contribution in [2.45, 2.75) is 74.9 Å². The Hall–Kier alpha value is -2.44. The summed E-state index contributed by atoms with van der Waals surface area (Å²) < 4.78 is 0. The highest BCUT2D eigenvalue weighted by molar-refractivity contribution is 7.99. The fourth-order valence-electron chi connectivity index (χ4n) is 4.94. The van der Waals surface area contributed by atoms with Crippen LogP contribution in [0, 0.1) is 6.92 Å². The first kappa shape index (κ1) is 26.6. The Labute approximate surface area is 224 Å². The first-order chi connectivity index (χ1) is 17.4. The standard InChI is InChI=1S/C30H37N3OS2/c1-20(2)23-12-10-22(11-13-23)19-33(26-16-14-24-8-6-7-9-25(24)15-17-26)30(34)32-28-27(35-4)18-21(3)31-29(28)36-5/h6-13,18,20,26H,14-17,19H2,1-5H3,(H,32,34). The Kier molecular flexibility index (Phi) is 9.02. The zero-order valence-corrected chi connectivity index (χ0v) is 23.6. The highest BCUT2D eigenvalue weighted by atomic mass is 32.2. The molecule has 2 aromatic carbocycles. The fourth-order valence-corrected chi connectivity index (χ4v) is 6.24. The minimum atomic E-state index is -0.0462. The van der Waals surface area contributed by atoms with Crippen molar-refractivity contribution in [3.8, 4) is 0 Å². The third-order valence-corrected chi connectivity index (χ3v) is 8.48. The molecule has 0 bridgehead atoms. The van der Waals surface area contributed by atoms with Gasteiger partial charge in [0, 0.05) is 23.2 Å². The van der Waals surface area contributed by atoms with E-state index in [0.717, 1.165) is 52.5 Å². The van der Waals surface area contributed by atoms with Crippen LogP contribution in [-0.4, -0.2) is 34.5 Å². The van der Waals surface area contributed by atoms with E-state index in [-0.39, 0.29) is 12.1 Å². The van der Waals surface area contributed by atoms with Crippen molar-refractivity contribution in [3.63, 3.8) is 0 Å². The topological polar surface area (TPSA) is 45.2 Å². The summed E-state index contributed by atoms with van der Waals surface area (Å²) in [6, 6.07) is 19.6. The van der Waals surface area contributed by atoms with E-state index in [4.69, 9.17) is 4.98 Å². The van der Waals surface area contributed by atoms with Gasteiger partial charge in [0.15, 0.2) is 0 Å². The number of rotatable bonds is 7. The molecule has 0 aliphatic heterocycles. The number of fused-ring (bicyclic) bond motifs is 1. The number of aromatic nitrogens is 1. The average molecular weight is 520 g/mol. The monoisotopic (exact) mass is 519 g/mol. The number of carbonyl (C=O) groups is 1. The number of anilines is 1. The molecule has 0 atom stereocenters. The molecule has 0 unspecified atom stereocenters. The minimum Gasteiger partial charge on any atom is -0.317 e. The smallest absolute Gasteiger partial charge is 0.317 e. The van der Waals surface area contributed by atoms with Gasteiger partial charge in [-0.15, -0.1) is 23.5 Å². The van der Waals surface area contributed by atoms with Crippen LogP contribution in [0.3, 0.4) is 0 Å². The van der Waals surface area contributed by atoms with Gasteiger partial charge in [0.05, 0.1) is 5.69 Å². The highest BCUT2D eigenvalue weighted by Gasteiger charge is 2.27. The lowest BCUT2D eigenvalue weighted by molar-refractivity contribution is 0.176. The summed E-state index contributed by atoms with van der Waals surface area (Å²) in [5.74, 6) is 0.489. The van der Waals surface area contributed by atoms with E-state index in [1.165, 1.54) is 16.7 Å². The Morgan fingerprint density at radius 3 is 2.22 bits per heavy atom. The maximum absolute atomic E-state index is 14.0. The molecule has 4 nitrogen and oxygen atoms in total. The number of carbonyl (C=O) groups excluding carboxylic acids is 1. The molecule has 1 aromatic heterocycles. The molecule has 2 amide bonds. The van der Waals surface area contributed by atoms with Crippen molar-refractivity contribution in [3.05, 3.63) is 82.5 Å². The van der Waals surface area contributed by atoms with Gasteiger partial charge >= 0.3 is 6.03 Å². The molecular weight excluding hydrogens is 482 g/mol. The molecule has 3 aromatic rings. The number of urea groups is 1. The van der Waals surface area contributed by atoms with E-state index < -0.39 is 0 Å². The molecule has 1 N–H and O–H groups in total. The average Bonchev–Trinajstić information content (AvgIpc) is 3.10. The molecule has 190 valence electrons. The lowest BCUT2D eigenvalue weighted by Crippen LogP contribution is -2.42. The van der Waals surface area contributed by atoms with Gasteiger partial charge in [0.2, 0.25) is 0 Å². The van der Waals surface area contributed by atoms with Crippen LogP contribution in [-0.2, 0) is 19.4 Å². The summed E-state index contributed by atoms with van der Waals surface area (Å²) in [5, 5.41) is 4.14. The van der Waals surface area contributed by atoms with E-state index in [1.54, 1.807) is 23.5 Å². The Bertz CT molecular complexity index is 1140. The number of aryl methyl sites for hydroxylation is 3. The lowest BCUT2D eigenvalue weighted by Gasteiger charge is -2.32. The van der Waals surface area contributed by atoms with Gasteiger partial charge in [-0.2, -0.15) is 0 Å². The van der Waals surface area contributed by atoms with Gasteiger partial charge < -0.3 is 10.2 Å². The molecule has 0 radical (unpaired) electrons. The van der Waals surface area contributed by atoms with Crippen molar-refractivity contribution in [2.75, 3.05) is 17.8 Å². The summed E-state index contributed by atoms with van der Waals surface area (Å²) in [7, 11) is 0. The van der Waals surface area contributed by atoms with Gasteiger partial charge in [0.1, 0.15) is 5.03 Å². The number of nitrogens with one attached hydrogen (secondary N) is 1. The van der Waals surface area contributed by atoms with Crippen LogP contribution in [0.5, 0.6) is 0 Å². The van der Waals surface area contributed by atoms with E-state index in [0.29, 0.717) is 12.5 Å². The fraction of sp³-hybridized carbons (Fsp3) is 0.400. The SMILES string of the molecule is CSc1cc(C)nc(SC)c1NC(=O)N(Cc1ccc(C(C)C)cc1)C1CCc2ccccc2CC1. The van der Waals surface area contributed by atoms with Crippen molar-refractivity contribution >= 4 is 35.2 Å². The van der Waals surface area contributed by atoms with Crippen molar-refractivity contribution in [2.24, 2.45) is 0 Å². The van der Waals surface area contributed by atoms with E-state index >= 15 is 0 Å². The van der Waals surface area contributed by atoms with Gasteiger partial charge in [-0.3, -0.25) is 0 Å². The number of amides is 2. The van der Waals surface area contributed by atoms with Crippen LogP contribution in [0.15, 0.2) is 64.5 Å². The van der Waals surface area contributed by atoms with Crippen LogP contribution in [0.1, 0.15) is 60.6 Å². The molecule has 1 aliphatic carbocycles. The Morgan fingerprint density at radius 1 is 1.03 bits per heavy atom. The predicted octanol–water partition coefficient (Wildman–Crippen LogP) is 7.94. The summed E-state index contributed by atoms with van der Waals surface area (Å²) >= 11 is 3.22. The van der Waals surface area contributed by atoms with Crippen LogP contribution >= 0.6 is 23.5 Å². The molecular formula is C30H37N3OS2. The second-order valence-corrected chi connectivity index (χ2v) is 11.4. The molecule has 36 heavy (non-hydrogen) atoms. The molecule has 1 aliphatic rings. The third kappa shape index (κ3) is 6.27. The Balaban J connectivity index is 1.63. The lowest BCUT2D eigenvalue weighted by atomic mass is 10.0. The molecule has 1 heterocycles. The zero-order chi connectivity index (χ0) is 25.7. The van der Waals surface area contributed by atoms with Gasteiger partial charge in [-0.1, -0.05) is 62.4 Å². The second-order valence-electron chi connectivity index (χ2n) is 9.80. The molecule has 0 saturated heterocycles. The van der Waals surface area contributed by atoms with Crippen molar-refractivity contribution in [1.29, 1.82) is 0 Å². The third-order valence-electron chi connectivity index (χ3n) is 7.04. The van der Waals surface area contributed by atoms with Gasteiger partial charge in [-0.25, -0.2) is 9.78 Å². The number of pyridine rings is 1. The molecule has 0 saturated carbocycles. The number of hydrogen-bond donors (Lipinski definition) is 1. The molecule has 0 spiro atoms. The second kappa shape index (κ2) is 12.2. The first-order valence-electron chi connectivity index (χ1n) is 12.7. The summed E-state index contributed by atoms with van der Waals surface area (Å²) in [6.07, 6.45) is 7.98. The van der Waals surface area contributed by atoms with Crippen LogP contribution in [0.4, 0.5) is 10.5 Å². The number of thioether (sulfide) groups is 2. The van der Waals surface area contributed by atoms with Crippen molar-refractivity contribution < 1.29 is 4.79 Å². The number of nitrogens with zero attached hydrogens (tertiary/aromatic N) is 2. The zero-order valence-electron chi connectivity index (χ0n) is 22.0. The van der Waals surface area contributed by atoms with Gasteiger partial charge in [0.25, 0.3) is 0 Å². The molecule has 4 rings (SSSR count).